The molecule has 6 nitrogen and oxygen atoms in total. The predicted molar refractivity (Wildman–Crippen MR) is 103 cm³/mol. The van der Waals surface area contributed by atoms with E-state index in [0.717, 1.165) is 36.5 Å². The van der Waals surface area contributed by atoms with E-state index in [9.17, 15) is 4.79 Å². The summed E-state index contributed by atoms with van der Waals surface area (Å²) in [6.07, 6.45) is 5.17. The Labute approximate surface area is 159 Å². The second-order valence-electron chi connectivity index (χ2n) is 6.88. The molecular formula is C21H26N2O4. The van der Waals surface area contributed by atoms with Gasteiger partial charge in [-0.2, -0.15) is 0 Å². The fourth-order valence-electron chi connectivity index (χ4n) is 3.12. The highest BCUT2D eigenvalue weighted by Gasteiger charge is 2.21. The van der Waals surface area contributed by atoms with Gasteiger partial charge in [-0.1, -0.05) is 29.8 Å². The van der Waals surface area contributed by atoms with Crippen LogP contribution in [0, 0.1) is 6.92 Å². The molecule has 0 spiro atoms. The molecular weight excluding hydrogens is 344 g/mol. The summed E-state index contributed by atoms with van der Waals surface area (Å²) in [7, 11) is 0. The van der Waals surface area contributed by atoms with E-state index in [1.54, 1.807) is 6.20 Å². The average molecular weight is 370 g/mol. The van der Waals surface area contributed by atoms with E-state index in [4.69, 9.17) is 14.6 Å². The quantitative estimate of drug-likeness (QED) is 0.768. The topological polar surface area (TPSA) is 71.9 Å². The molecule has 2 heterocycles. The van der Waals surface area contributed by atoms with Crippen molar-refractivity contribution < 1.29 is 19.4 Å². The van der Waals surface area contributed by atoms with Crippen molar-refractivity contribution in [1.29, 1.82) is 0 Å². The first kappa shape index (κ1) is 19.2. The zero-order valence-electron chi connectivity index (χ0n) is 15.6. The van der Waals surface area contributed by atoms with Gasteiger partial charge in [-0.3, -0.25) is 9.78 Å². The summed E-state index contributed by atoms with van der Waals surface area (Å²) < 4.78 is 11.7. The van der Waals surface area contributed by atoms with Crippen LogP contribution in [0.3, 0.4) is 0 Å². The Morgan fingerprint density at radius 3 is 2.93 bits per heavy atom. The molecule has 1 aliphatic heterocycles. The molecule has 3 rings (SSSR count). The van der Waals surface area contributed by atoms with Gasteiger partial charge in [0, 0.05) is 25.6 Å². The van der Waals surface area contributed by atoms with Crippen LogP contribution in [-0.4, -0.2) is 41.9 Å². The summed E-state index contributed by atoms with van der Waals surface area (Å²) in [5.41, 5.74) is 3.35. The Balaban J connectivity index is 1.55. The molecule has 2 aromatic rings. The van der Waals surface area contributed by atoms with Crippen LogP contribution < -0.4 is 9.64 Å². The Morgan fingerprint density at radius 2 is 2.15 bits per heavy atom. The number of aliphatic carboxylic acids is 1. The Kier molecular flexibility index (Phi) is 6.65. The zero-order valence-corrected chi connectivity index (χ0v) is 15.6. The van der Waals surface area contributed by atoms with Crippen molar-refractivity contribution in [3.05, 3.63) is 53.9 Å². The van der Waals surface area contributed by atoms with Crippen LogP contribution in [-0.2, 0) is 16.1 Å². The third kappa shape index (κ3) is 5.96. The van der Waals surface area contributed by atoms with Gasteiger partial charge in [-0.15, -0.1) is 0 Å². The van der Waals surface area contributed by atoms with Crippen molar-refractivity contribution >= 4 is 11.7 Å². The lowest BCUT2D eigenvalue weighted by Gasteiger charge is -2.34. The van der Waals surface area contributed by atoms with Crippen LogP contribution in [0.5, 0.6) is 5.75 Å². The predicted octanol–water partition coefficient (Wildman–Crippen LogP) is 3.43. The van der Waals surface area contributed by atoms with Crippen LogP contribution in [0.15, 0.2) is 42.7 Å². The lowest BCUT2D eigenvalue weighted by molar-refractivity contribution is -0.137. The van der Waals surface area contributed by atoms with E-state index in [1.807, 2.05) is 12.3 Å². The number of anilines is 1. The number of benzene rings is 1. The SMILES string of the molecule is Cc1ccc(COc2cncc(N3CCOC(CCCC(=O)O)C3)c2)cc1. The molecule has 6 heteroatoms. The molecule has 144 valence electrons. The Hall–Kier alpha value is -2.60. The van der Waals surface area contributed by atoms with Crippen LogP contribution in [0.2, 0.25) is 0 Å². The maximum atomic E-state index is 10.7. The first-order valence-corrected chi connectivity index (χ1v) is 9.32. The Bertz CT molecular complexity index is 748. The number of hydrogen-bond donors (Lipinski definition) is 1. The number of ether oxygens (including phenoxy) is 2. The number of carboxylic acids is 1. The van der Waals surface area contributed by atoms with Gasteiger partial charge in [-0.05, 0) is 25.3 Å². The van der Waals surface area contributed by atoms with Crippen LogP contribution in [0.4, 0.5) is 5.69 Å². The maximum absolute atomic E-state index is 10.7. The summed E-state index contributed by atoms with van der Waals surface area (Å²) in [4.78, 5) is 17.2. The van der Waals surface area contributed by atoms with E-state index in [2.05, 4.69) is 41.1 Å². The Morgan fingerprint density at radius 1 is 1.33 bits per heavy atom. The number of rotatable bonds is 8. The third-order valence-electron chi connectivity index (χ3n) is 4.65. The second kappa shape index (κ2) is 9.37. The number of carboxylic acid groups (broad SMARTS) is 1. The number of carbonyl (C=O) groups is 1. The molecule has 1 unspecified atom stereocenters. The highest BCUT2D eigenvalue weighted by atomic mass is 16.5. The summed E-state index contributed by atoms with van der Waals surface area (Å²) in [6, 6.07) is 10.3. The number of morpholine rings is 1. The molecule has 0 amide bonds. The molecule has 1 aliphatic rings. The van der Waals surface area contributed by atoms with Crippen LogP contribution >= 0.6 is 0 Å². The largest absolute Gasteiger partial charge is 0.487 e. The lowest BCUT2D eigenvalue weighted by Crippen LogP contribution is -2.42. The van der Waals surface area contributed by atoms with Crippen molar-refractivity contribution in [1.82, 2.24) is 4.98 Å². The fourth-order valence-corrected chi connectivity index (χ4v) is 3.12. The maximum Gasteiger partial charge on any atom is 0.303 e. The molecule has 0 aliphatic carbocycles. The highest BCUT2D eigenvalue weighted by molar-refractivity contribution is 5.66. The van der Waals surface area contributed by atoms with E-state index < -0.39 is 5.97 Å². The minimum atomic E-state index is -0.759. The standard InChI is InChI=1S/C21H26N2O4/c1-16-5-7-17(8-6-16)15-27-20-11-18(12-22-13-20)23-9-10-26-19(14-23)3-2-4-21(24)25/h5-8,11-13,19H,2-4,9-10,14-15H2,1H3,(H,24,25). The third-order valence-corrected chi connectivity index (χ3v) is 4.65. The molecule has 27 heavy (non-hydrogen) atoms. The van der Waals surface area contributed by atoms with E-state index in [-0.39, 0.29) is 12.5 Å². The van der Waals surface area contributed by atoms with Crippen LogP contribution in [0.1, 0.15) is 30.4 Å². The second-order valence-corrected chi connectivity index (χ2v) is 6.88. The number of aryl methyl sites for hydroxylation is 1. The van der Waals surface area contributed by atoms with Gasteiger partial charge in [0.25, 0.3) is 0 Å². The van der Waals surface area contributed by atoms with Gasteiger partial charge in [0.15, 0.2) is 0 Å². The molecule has 1 atom stereocenters. The first-order valence-electron chi connectivity index (χ1n) is 9.32. The number of nitrogens with zero attached hydrogens (tertiary/aromatic N) is 2. The van der Waals surface area contributed by atoms with E-state index in [1.165, 1.54) is 5.56 Å². The van der Waals surface area contributed by atoms with Crippen molar-refractivity contribution in [3.63, 3.8) is 0 Å². The summed E-state index contributed by atoms with van der Waals surface area (Å²) in [6.45, 7) is 4.73. The molecule has 1 aromatic carbocycles. The molecule has 1 N–H and O–H groups in total. The molecule has 0 bridgehead atoms. The van der Waals surface area contributed by atoms with Gasteiger partial charge in [0.05, 0.1) is 30.8 Å². The van der Waals surface area contributed by atoms with Gasteiger partial charge >= 0.3 is 5.97 Å². The van der Waals surface area contributed by atoms with Crippen molar-refractivity contribution in [2.45, 2.75) is 38.9 Å². The summed E-state index contributed by atoms with van der Waals surface area (Å²) in [5.74, 6) is -0.0210. The molecule has 1 fully saturated rings. The molecule has 0 radical (unpaired) electrons. The summed E-state index contributed by atoms with van der Waals surface area (Å²) >= 11 is 0. The lowest BCUT2D eigenvalue weighted by atomic mass is 10.1. The van der Waals surface area contributed by atoms with Crippen molar-refractivity contribution in [3.8, 4) is 5.75 Å². The minimum Gasteiger partial charge on any atom is -0.487 e. The number of aromatic nitrogens is 1. The van der Waals surface area contributed by atoms with Crippen LogP contribution in [0.25, 0.3) is 0 Å². The van der Waals surface area contributed by atoms with E-state index in [0.29, 0.717) is 19.6 Å². The van der Waals surface area contributed by atoms with Gasteiger partial charge < -0.3 is 19.5 Å². The van der Waals surface area contributed by atoms with E-state index >= 15 is 0 Å². The highest BCUT2D eigenvalue weighted by Crippen LogP contribution is 2.23. The number of hydrogen-bond acceptors (Lipinski definition) is 5. The normalized spacial score (nSPS) is 16.9. The summed E-state index contributed by atoms with van der Waals surface area (Å²) in [5, 5.41) is 8.78. The molecule has 0 saturated carbocycles. The molecule has 1 saturated heterocycles. The zero-order chi connectivity index (χ0) is 19.1. The first-order chi connectivity index (χ1) is 13.1. The van der Waals surface area contributed by atoms with Crippen molar-refractivity contribution in [2.75, 3.05) is 24.6 Å². The molecule has 1 aromatic heterocycles. The van der Waals surface area contributed by atoms with Gasteiger partial charge in [-0.25, -0.2) is 0 Å². The average Bonchev–Trinajstić information content (AvgIpc) is 2.68. The van der Waals surface area contributed by atoms with Gasteiger partial charge in [0.1, 0.15) is 12.4 Å². The number of pyridine rings is 1. The smallest absolute Gasteiger partial charge is 0.303 e. The van der Waals surface area contributed by atoms with Crippen molar-refractivity contribution in [2.24, 2.45) is 0 Å². The van der Waals surface area contributed by atoms with Gasteiger partial charge in [0.2, 0.25) is 0 Å². The fraction of sp³-hybridized carbons (Fsp3) is 0.429. The minimum absolute atomic E-state index is 0.0511. The monoisotopic (exact) mass is 370 g/mol.